The molecule has 456 valence electrons. The van der Waals surface area contributed by atoms with Crippen LogP contribution in [0.2, 0.25) is 0 Å². The van der Waals surface area contributed by atoms with Crippen molar-refractivity contribution in [1.82, 2.24) is 0 Å². The number of hydrogen-bond donors (Lipinski definition) is 0. The van der Waals surface area contributed by atoms with Gasteiger partial charge >= 0.3 is 17.9 Å². The lowest BCUT2D eigenvalue weighted by Crippen LogP contribution is -2.30. The number of carbonyl (C=O) groups is 3. The highest BCUT2D eigenvalue weighted by molar-refractivity contribution is 5.72. The molecule has 0 aliphatic heterocycles. The van der Waals surface area contributed by atoms with Crippen molar-refractivity contribution >= 4 is 17.9 Å². The molecule has 0 aliphatic carbocycles. The molecular formula is C73H128O6. The van der Waals surface area contributed by atoms with Crippen LogP contribution in [-0.2, 0) is 28.6 Å². The quantitative estimate of drug-likeness (QED) is 0.0261. The van der Waals surface area contributed by atoms with Crippen LogP contribution in [-0.4, -0.2) is 37.2 Å². The van der Waals surface area contributed by atoms with Gasteiger partial charge in [0, 0.05) is 12.8 Å². The van der Waals surface area contributed by atoms with E-state index in [0.29, 0.717) is 12.8 Å². The molecule has 0 saturated carbocycles. The van der Waals surface area contributed by atoms with Crippen molar-refractivity contribution in [1.29, 1.82) is 0 Å². The minimum Gasteiger partial charge on any atom is -0.462 e. The number of ether oxygens (including phenoxy) is 3. The van der Waals surface area contributed by atoms with E-state index in [1.807, 2.05) is 12.2 Å². The first-order chi connectivity index (χ1) is 39.0. The number of carbonyl (C=O) groups excluding carboxylic acids is 3. The van der Waals surface area contributed by atoms with E-state index in [4.69, 9.17) is 14.2 Å². The van der Waals surface area contributed by atoms with E-state index in [2.05, 4.69) is 93.7 Å². The van der Waals surface area contributed by atoms with Crippen LogP contribution in [0.25, 0.3) is 0 Å². The van der Waals surface area contributed by atoms with Gasteiger partial charge in [-0.3, -0.25) is 14.4 Å². The number of unbranched alkanes of at least 4 members (excludes halogenated alkanes) is 38. The molecule has 0 N–H and O–H groups in total. The smallest absolute Gasteiger partial charge is 0.309 e. The molecule has 0 aromatic carbocycles. The van der Waals surface area contributed by atoms with E-state index in [1.54, 1.807) is 0 Å². The Morgan fingerprint density at radius 1 is 0.278 bits per heavy atom. The molecule has 0 aliphatic rings. The summed E-state index contributed by atoms with van der Waals surface area (Å²) in [5.41, 5.74) is 0. The van der Waals surface area contributed by atoms with Crippen LogP contribution < -0.4 is 0 Å². The first kappa shape index (κ1) is 75.6. The van der Waals surface area contributed by atoms with Crippen LogP contribution in [0.5, 0.6) is 0 Å². The molecule has 0 fully saturated rings. The maximum atomic E-state index is 12.9. The Morgan fingerprint density at radius 2 is 0.544 bits per heavy atom. The van der Waals surface area contributed by atoms with E-state index < -0.39 is 12.1 Å². The van der Waals surface area contributed by atoms with Crippen molar-refractivity contribution in [2.45, 2.75) is 348 Å². The molecule has 0 aromatic heterocycles. The molecule has 6 nitrogen and oxygen atoms in total. The molecule has 0 heterocycles. The van der Waals surface area contributed by atoms with Crippen molar-refractivity contribution in [3.05, 3.63) is 85.1 Å². The Kier molecular flexibility index (Phi) is 64.2. The van der Waals surface area contributed by atoms with Gasteiger partial charge < -0.3 is 14.2 Å². The van der Waals surface area contributed by atoms with E-state index in [1.165, 1.54) is 225 Å². The van der Waals surface area contributed by atoms with Gasteiger partial charge in [-0.2, -0.15) is 0 Å². The highest BCUT2D eigenvalue weighted by Crippen LogP contribution is 2.18. The molecule has 79 heavy (non-hydrogen) atoms. The van der Waals surface area contributed by atoms with Crippen molar-refractivity contribution < 1.29 is 28.6 Å². The first-order valence-corrected chi connectivity index (χ1v) is 34.1. The van der Waals surface area contributed by atoms with Gasteiger partial charge in [-0.1, -0.05) is 331 Å². The van der Waals surface area contributed by atoms with Crippen LogP contribution >= 0.6 is 0 Å². The minimum absolute atomic E-state index is 0.104. The average Bonchev–Trinajstić information content (AvgIpc) is 3.45. The number of rotatable bonds is 62. The molecule has 0 bridgehead atoms. The highest BCUT2D eigenvalue weighted by Gasteiger charge is 2.19. The summed E-state index contributed by atoms with van der Waals surface area (Å²) in [5, 5.41) is 0. The van der Waals surface area contributed by atoms with Gasteiger partial charge in [0.1, 0.15) is 13.2 Å². The molecule has 0 aromatic rings. The van der Waals surface area contributed by atoms with E-state index in [9.17, 15) is 14.4 Å². The number of allylic oxidation sites excluding steroid dienone is 13. The fourth-order valence-corrected chi connectivity index (χ4v) is 9.84. The van der Waals surface area contributed by atoms with Crippen LogP contribution in [0.15, 0.2) is 85.1 Å². The fraction of sp³-hybridized carbons (Fsp3) is 0.767. The molecule has 1 unspecified atom stereocenters. The molecular weight excluding hydrogens is 973 g/mol. The molecule has 0 rings (SSSR count). The lowest BCUT2D eigenvalue weighted by Gasteiger charge is -2.18. The topological polar surface area (TPSA) is 78.9 Å². The largest absolute Gasteiger partial charge is 0.462 e. The Hall–Kier alpha value is -3.41. The maximum Gasteiger partial charge on any atom is 0.309 e. The van der Waals surface area contributed by atoms with Crippen LogP contribution in [0, 0.1) is 0 Å². The summed E-state index contributed by atoms with van der Waals surface area (Å²) in [4.78, 5) is 38.3. The lowest BCUT2D eigenvalue weighted by atomic mass is 10.0. The zero-order chi connectivity index (χ0) is 57.1. The summed E-state index contributed by atoms with van der Waals surface area (Å²) in [6.45, 7) is 6.48. The zero-order valence-corrected chi connectivity index (χ0v) is 52.4. The lowest BCUT2D eigenvalue weighted by molar-refractivity contribution is -0.166. The van der Waals surface area contributed by atoms with Crippen LogP contribution in [0.3, 0.4) is 0 Å². The van der Waals surface area contributed by atoms with Gasteiger partial charge in [0.2, 0.25) is 0 Å². The predicted octanol–water partition coefficient (Wildman–Crippen LogP) is 23.4. The van der Waals surface area contributed by atoms with Gasteiger partial charge in [-0.15, -0.1) is 0 Å². The SMILES string of the molecule is CC/C=C\C/C=C\C/C=C\C/C=C\C/C=C\CC(=O)OCC(COC(=O)CCCCCCCCCCCCCCC/C=C\C/C=C\CCCCCCC)OC(=O)CCCCCCCCCCCCCCCCCCCCCCC. The average molecular weight is 1100 g/mol. The highest BCUT2D eigenvalue weighted by atomic mass is 16.6. The van der Waals surface area contributed by atoms with Gasteiger partial charge in [0.25, 0.3) is 0 Å². The van der Waals surface area contributed by atoms with Crippen LogP contribution in [0.1, 0.15) is 342 Å². The summed E-state index contributed by atoms with van der Waals surface area (Å²) >= 11 is 0. The normalized spacial score (nSPS) is 12.6. The second-order valence-electron chi connectivity index (χ2n) is 22.7. The Morgan fingerprint density at radius 3 is 0.886 bits per heavy atom. The molecule has 0 amide bonds. The van der Waals surface area contributed by atoms with Gasteiger partial charge in [-0.05, 0) is 77.0 Å². The Labute approximate surface area is 490 Å². The summed E-state index contributed by atoms with van der Waals surface area (Å²) in [6, 6.07) is 0. The van der Waals surface area contributed by atoms with Crippen molar-refractivity contribution in [3.63, 3.8) is 0 Å². The van der Waals surface area contributed by atoms with E-state index >= 15 is 0 Å². The molecule has 0 spiro atoms. The summed E-state index contributed by atoms with van der Waals surface area (Å²) in [5.74, 6) is -1.02. The third-order valence-electron chi connectivity index (χ3n) is 14.9. The Balaban J connectivity index is 4.36. The third kappa shape index (κ3) is 65.3. The van der Waals surface area contributed by atoms with Gasteiger partial charge in [0.15, 0.2) is 6.10 Å². The summed E-state index contributed by atoms with van der Waals surface area (Å²) < 4.78 is 16.9. The van der Waals surface area contributed by atoms with E-state index in [0.717, 1.165) is 77.0 Å². The third-order valence-corrected chi connectivity index (χ3v) is 14.9. The summed E-state index contributed by atoms with van der Waals surface area (Å²) in [6.07, 6.45) is 89.2. The van der Waals surface area contributed by atoms with Crippen molar-refractivity contribution in [2.75, 3.05) is 13.2 Å². The van der Waals surface area contributed by atoms with Crippen LogP contribution in [0.4, 0.5) is 0 Å². The second kappa shape index (κ2) is 67.1. The molecule has 6 heteroatoms. The maximum absolute atomic E-state index is 12.9. The first-order valence-electron chi connectivity index (χ1n) is 34.1. The predicted molar refractivity (Wildman–Crippen MR) is 344 cm³/mol. The monoisotopic (exact) mass is 1100 g/mol. The van der Waals surface area contributed by atoms with Gasteiger partial charge in [0.05, 0.1) is 6.42 Å². The summed E-state index contributed by atoms with van der Waals surface area (Å²) in [7, 11) is 0. The standard InChI is InChI=1S/C73H128O6/c1-4-7-10-13-16-19-22-25-28-30-32-34-35-36-37-39-40-42-45-48-51-54-57-60-63-66-72(75)78-69-70(68-77-71(74)65-62-59-56-53-50-47-44-27-24-21-18-15-12-9-6-3)79-73(76)67-64-61-58-55-52-49-46-43-41-38-33-31-29-26-23-20-17-14-11-8-5-2/h9,12,18,21-22,25,27,30,32,44,50,53,59,62,70H,4-8,10-11,13-17,19-20,23-24,26,28-29,31,33-43,45-49,51-52,54-58,60-61,63-69H2,1-3H3/b12-9-,21-18-,25-22-,32-30-,44-27-,53-50-,62-59-. The fourth-order valence-electron chi connectivity index (χ4n) is 9.84. The molecule has 0 saturated heterocycles. The van der Waals surface area contributed by atoms with Gasteiger partial charge in [-0.25, -0.2) is 0 Å². The van der Waals surface area contributed by atoms with Crippen molar-refractivity contribution in [2.24, 2.45) is 0 Å². The zero-order valence-electron chi connectivity index (χ0n) is 52.4. The minimum atomic E-state index is -0.816. The number of hydrogen-bond acceptors (Lipinski definition) is 6. The molecule has 1 atom stereocenters. The van der Waals surface area contributed by atoms with Crippen molar-refractivity contribution in [3.8, 4) is 0 Å². The second-order valence-corrected chi connectivity index (χ2v) is 22.7. The Bertz CT molecular complexity index is 1500. The molecule has 0 radical (unpaired) electrons. The van der Waals surface area contributed by atoms with E-state index in [-0.39, 0.29) is 31.6 Å². The number of esters is 3.